The van der Waals surface area contributed by atoms with E-state index < -0.39 is 29.4 Å². The van der Waals surface area contributed by atoms with Gasteiger partial charge in [0.2, 0.25) is 0 Å². The normalized spacial score (nSPS) is 12.9. The largest absolute Gasteiger partial charge is 0.505 e. The molecule has 1 heterocycles. The first-order chi connectivity index (χ1) is 13.9. The highest BCUT2D eigenvalue weighted by atomic mass is 35.5. The number of aromatic nitrogens is 1. The fourth-order valence-electron chi connectivity index (χ4n) is 3.83. The zero-order valence-corrected chi connectivity index (χ0v) is 17.9. The van der Waals surface area contributed by atoms with Crippen molar-refractivity contribution in [1.29, 1.82) is 0 Å². The van der Waals surface area contributed by atoms with Crippen LogP contribution in [0.5, 0.6) is 5.75 Å². The van der Waals surface area contributed by atoms with Crippen molar-refractivity contribution in [2.24, 2.45) is 5.41 Å². The van der Waals surface area contributed by atoms with Gasteiger partial charge >= 0.3 is 5.97 Å². The molecule has 0 aliphatic heterocycles. The molecule has 0 aliphatic carbocycles. The first kappa shape index (κ1) is 21.8. The molecule has 5 nitrogen and oxygen atoms in total. The molecule has 0 amide bonds. The summed E-state index contributed by atoms with van der Waals surface area (Å²) in [6.07, 6.45) is 0.297. The van der Waals surface area contributed by atoms with Gasteiger partial charge in [0.15, 0.2) is 11.6 Å². The Labute approximate surface area is 178 Å². The van der Waals surface area contributed by atoms with E-state index in [0.717, 1.165) is 6.07 Å². The molecule has 2 aromatic carbocycles. The molecule has 0 bridgehead atoms. The predicted molar refractivity (Wildman–Crippen MR) is 114 cm³/mol. The molecule has 0 aliphatic rings. The summed E-state index contributed by atoms with van der Waals surface area (Å²) >= 11 is 6.02. The van der Waals surface area contributed by atoms with E-state index in [9.17, 15) is 24.2 Å². The minimum absolute atomic E-state index is 0.197. The third-order valence-corrected chi connectivity index (χ3v) is 5.29. The summed E-state index contributed by atoms with van der Waals surface area (Å²) in [5.41, 5.74) is 0.936. The van der Waals surface area contributed by atoms with Crippen LogP contribution in [-0.4, -0.2) is 26.7 Å². The molecule has 1 atom stereocenters. The van der Waals surface area contributed by atoms with Crippen molar-refractivity contribution < 1.29 is 24.2 Å². The Kier molecular flexibility index (Phi) is 5.65. The zero-order chi connectivity index (χ0) is 22.4. The van der Waals surface area contributed by atoms with Crippen LogP contribution < -0.4 is 0 Å². The first-order valence-electron chi connectivity index (χ1n) is 9.47. The molecule has 0 saturated carbocycles. The summed E-state index contributed by atoms with van der Waals surface area (Å²) < 4.78 is 15.5. The van der Waals surface area contributed by atoms with E-state index in [0.29, 0.717) is 28.1 Å². The van der Waals surface area contributed by atoms with Crippen LogP contribution in [-0.2, 0) is 4.79 Å². The van der Waals surface area contributed by atoms with Gasteiger partial charge < -0.3 is 10.2 Å². The Bertz CT molecular complexity index is 1160. The molecule has 0 fully saturated rings. The van der Waals surface area contributed by atoms with Crippen molar-refractivity contribution in [2.45, 2.75) is 40.0 Å². The van der Waals surface area contributed by atoms with Crippen molar-refractivity contribution in [3.8, 4) is 5.75 Å². The maximum Gasteiger partial charge on any atom is 0.311 e. The van der Waals surface area contributed by atoms with Crippen LogP contribution in [0.3, 0.4) is 0 Å². The van der Waals surface area contributed by atoms with Crippen LogP contribution in [0.25, 0.3) is 10.9 Å². The monoisotopic (exact) mass is 431 g/mol. The number of carboxylic acids is 1. The molecule has 3 aromatic rings. The SMILES string of the molecule is Cc1c([C@H](CC(C)(C)C)C(=O)O)c2cc(O)c(F)cc2n1C(=O)c1cccc(Cl)c1. The Morgan fingerprint density at radius 1 is 1.20 bits per heavy atom. The van der Waals surface area contributed by atoms with E-state index >= 15 is 0 Å². The number of nitrogens with zero attached hydrogens (tertiary/aromatic N) is 1. The van der Waals surface area contributed by atoms with Crippen LogP contribution in [0.4, 0.5) is 4.39 Å². The van der Waals surface area contributed by atoms with Crippen LogP contribution in [0.1, 0.15) is 54.7 Å². The molecule has 30 heavy (non-hydrogen) atoms. The number of phenols is 1. The fourth-order valence-corrected chi connectivity index (χ4v) is 4.02. The lowest BCUT2D eigenvalue weighted by Gasteiger charge is -2.24. The minimum atomic E-state index is -1.05. The first-order valence-corrected chi connectivity index (χ1v) is 9.85. The quantitative estimate of drug-likeness (QED) is 0.552. The van der Waals surface area contributed by atoms with E-state index in [2.05, 4.69) is 0 Å². The topological polar surface area (TPSA) is 79.5 Å². The second-order valence-electron chi connectivity index (χ2n) is 8.63. The highest BCUT2D eigenvalue weighted by Crippen LogP contribution is 2.40. The molecule has 3 rings (SSSR count). The van der Waals surface area contributed by atoms with Crippen molar-refractivity contribution in [3.63, 3.8) is 0 Å². The maximum absolute atomic E-state index is 14.2. The number of carbonyl (C=O) groups excluding carboxylic acids is 1. The third kappa shape index (κ3) is 4.05. The lowest BCUT2D eigenvalue weighted by molar-refractivity contribution is -0.139. The Morgan fingerprint density at radius 2 is 1.87 bits per heavy atom. The van der Waals surface area contributed by atoms with Crippen LogP contribution in [0.2, 0.25) is 5.02 Å². The third-order valence-electron chi connectivity index (χ3n) is 5.06. The van der Waals surface area contributed by atoms with Crippen LogP contribution >= 0.6 is 11.6 Å². The second kappa shape index (κ2) is 7.76. The van der Waals surface area contributed by atoms with Gasteiger partial charge in [-0.1, -0.05) is 38.4 Å². The Hall–Kier alpha value is -2.86. The average Bonchev–Trinajstić information content (AvgIpc) is 2.89. The van der Waals surface area contributed by atoms with E-state index in [4.69, 9.17) is 11.6 Å². The number of fused-ring (bicyclic) bond motifs is 1. The van der Waals surface area contributed by atoms with Crippen molar-refractivity contribution in [2.75, 3.05) is 0 Å². The van der Waals surface area contributed by atoms with Gasteiger partial charge in [-0.2, -0.15) is 0 Å². The second-order valence-corrected chi connectivity index (χ2v) is 9.06. The van der Waals surface area contributed by atoms with Crippen molar-refractivity contribution in [3.05, 3.63) is 64.1 Å². The molecule has 0 spiro atoms. The maximum atomic E-state index is 14.2. The number of halogens is 2. The van der Waals surface area contributed by atoms with Crippen LogP contribution in [0, 0.1) is 18.2 Å². The molecule has 0 saturated heterocycles. The van der Waals surface area contributed by atoms with Crippen molar-refractivity contribution in [1.82, 2.24) is 4.57 Å². The van der Waals surface area contributed by atoms with Gasteiger partial charge in [-0.15, -0.1) is 0 Å². The van der Waals surface area contributed by atoms with Gasteiger partial charge in [-0.05, 0) is 48.6 Å². The van der Waals surface area contributed by atoms with Crippen molar-refractivity contribution >= 4 is 34.4 Å². The number of rotatable bonds is 4. The summed E-state index contributed by atoms with van der Waals surface area (Å²) in [5.74, 6) is -3.95. The van der Waals surface area contributed by atoms with Gasteiger partial charge in [0, 0.05) is 27.7 Å². The molecule has 0 radical (unpaired) electrons. The number of aromatic hydroxyl groups is 1. The fraction of sp³-hybridized carbons (Fsp3) is 0.304. The lowest BCUT2D eigenvalue weighted by atomic mass is 9.80. The zero-order valence-electron chi connectivity index (χ0n) is 17.2. The molecular weight excluding hydrogens is 409 g/mol. The number of hydrogen-bond acceptors (Lipinski definition) is 3. The van der Waals surface area contributed by atoms with E-state index in [-0.39, 0.29) is 16.5 Å². The molecular formula is C23H23ClFNO4. The number of hydrogen-bond donors (Lipinski definition) is 2. The Balaban J connectivity index is 2.34. The summed E-state index contributed by atoms with van der Waals surface area (Å²) in [6.45, 7) is 7.40. The van der Waals surface area contributed by atoms with Gasteiger partial charge in [0.25, 0.3) is 5.91 Å². The van der Waals surface area contributed by atoms with Gasteiger partial charge in [-0.25, -0.2) is 4.39 Å². The molecule has 158 valence electrons. The predicted octanol–water partition coefficient (Wildman–Crippen LogP) is 5.74. The summed E-state index contributed by atoms with van der Waals surface area (Å²) in [7, 11) is 0. The lowest BCUT2D eigenvalue weighted by Crippen LogP contribution is -2.20. The number of aliphatic carboxylic acids is 1. The average molecular weight is 432 g/mol. The van der Waals surface area contributed by atoms with Gasteiger partial charge in [0.05, 0.1) is 11.4 Å². The molecule has 2 N–H and O–H groups in total. The van der Waals surface area contributed by atoms with Gasteiger partial charge in [0.1, 0.15) is 0 Å². The van der Waals surface area contributed by atoms with E-state index in [1.165, 1.54) is 16.7 Å². The molecule has 1 aromatic heterocycles. The number of carboxylic acid groups (broad SMARTS) is 1. The smallest absolute Gasteiger partial charge is 0.311 e. The summed E-state index contributed by atoms with van der Waals surface area (Å²) in [5, 5.41) is 20.6. The highest BCUT2D eigenvalue weighted by Gasteiger charge is 2.33. The molecule has 7 heteroatoms. The minimum Gasteiger partial charge on any atom is -0.505 e. The summed E-state index contributed by atoms with van der Waals surface area (Å²) in [6, 6.07) is 8.58. The number of benzene rings is 2. The number of phenolic OH excluding ortho intramolecular Hbond substituents is 1. The van der Waals surface area contributed by atoms with Gasteiger partial charge in [-0.3, -0.25) is 14.2 Å². The standard InChI is InChI=1S/C23H23ClFNO4/c1-12-20(16(22(29)30)11-23(2,3)4)15-9-19(27)17(25)10-18(15)26(12)21(28)13-6-5-7-14(24)8-13/h5-10,16,27H,11H2,1-4H3,(H,29,30)/t16-/m0/s1. The van der Waals surface area contributed by atoms with E-state index in [1.54, 1.807) is 25.1 Å². The molecule has 0 unspecified atom stereocenters. The Morgan fingerprint density at radius 3 is 2.43 bits per heavy atom. The highest BCUT2D eigenvalue weighted by molar-refractivity contribution is 6.31. The number of carbonyl (C=O) groups is 2. The summed E-state index contributed by atoms with van der Waals surface area (Å²) in [4.78, 5) is 25.5. The van der Waals surface area contributed by atoms with E-state index in [1.807, 2.05) is 20.8 Å². The van der Waals surface area contributed by atoms with Crippen LogP contribution in [0.15, 0.2) is 36.4 Å².